The van der Waals surface area contributed by atoms with Gasteiger partial charge in [-0.2, -0.15) is 0 Å². The third-order valence-corrected chi connectivity index (χ3v) is 8.79. The molecule has 39 heavy (non-hydrogen) atoms. The van der Waals surface area contributed by atoms with E-state index in [9.17, 15) is 19.5 Å². The molecule has 1 aromatic carbocycles. The number of unbranched alkanes of at least 4 members (excludes halogenated alkanes) is 1. The second-order valence-corrected chi connectivity index (χ2v) is 10.7. The number of esters is 1. The molecule has 5 atom stereocenters. The predicted molar refractivity (Wildman–Crippen MR) is 147 cm³/mol. The quantitative estimate of drug-likeness (QED) is 0.294. The monoisotopic (exact) mass is 537 g/mol. The van der Waals surface area contributed by atoms with Gasteiger partial charge in [0.1, 0.15) is 29.8 Å². The molecule has 1 spiro atoms. The first-order valence-corrected chi connectivity index (χ1v) is 14.2. The van der Waals surface area contributed by atoms with Gasteiger partial charge < -0.3 is 29.3 Å². The minimum atomic E-state index is -1.30. The van der Waals surface area contributed by atoms with E-state index < -0.39 is 35.0 Å². The molecule has 2 fully saturated rings. The Labute approximate surface area is 230 Å². The number of ether oxygens (including phenoxy) is 2. The number of benzene rings is 1. The number of hydrogen-bond donors (Lipinski definition) is 1. The van der Waals surface area contributed by atoms with E-state index in [1.165, 1.54) is 0 Å². The van der Waals surface area contributed by atoms with Crippen molar-refractivity contribution in [2.24, 2.45) is 11.8 Å². The Morgan fingerprint density at radius 1 is 0.974 bits per heavy atom. The molecule has 0 saturated carbocycles. The smallest absolute Gasteiger partial charge is 0.313 e. The molecule has 2 amide bonds. The summed E-state index contributed by atoms with van der Waals surface area (Å²) in [6, 6.07) is 6.97. The summed E-state index contributed by atoms with van der Waals surface area (Å²) in [6.45, 7) is 8.64. The first-order valence-electron chi connectivity index (χ1n) is 14.2. The highest BCUT2D eigenvalue weighted by molar-refractivity contribution is 6.05. The number of rotatable bonds is 9. The van der Waals surface area contributed by atoms with Gasteiger partial charge in [-0.25, -0.2) is 0 Å². The highest BCUT2D eigenvalue weighted by atomic mass is 16.6. The van der Waals surface area contributed by atoms with E-state index in [1.54, 1.807) is 15.9 Å². The largest absolute Gasteiger partial charge is 0.461 e. The number of carbonyl (C=O) groups is 3. The molecule has 9 heteroatoms. The summed E-state index contributed by atoms with van der Waals surface area (Å²) < 4.78 is 12.3. The third kappa shape index (κ3) is 4.26. The number of hydrogen-bond acceptors (Lipinski definition) is 7. The minimum Gasteiger partial charge on any atom is -0.461 e. The number of anilines is 2. The van der Waals surface area contributed by atoms with E-state index in [4.69, 9.17) is 9.47 Å². The lowest BCUT2D eigenvalue weighted by Crippen LogP contribution is -2.56. The molecule has 0 aromatic heterocycles. The van der Waals surface area contributed by atoms with Crippen LogP contribution in [0.4, 0.5) is 11.4 Å². The van der Waals surface area contributed by atoms with Crippen LogP contribution in [0.25, 0.3) is 0 Å². The highest BCUT2D eigenvalue weighted by Gasteiger charge is 2.75. The van der Waals surface area contributed by atoms with Gasteiger partial charge in [0.15, 0.2) is 0 Å². The fourth-order valence-corrected chi connectivity index (χ4v) is 6.89. The Balaban J connectivity index is 1.57. The van der Waals surface area contributed by atoms with Crippen LogP contribution in [0.3, 0.4) is 0 Å². The van der Waals surface area contributed by atoms with Gasteiger partial charge in [0, 0.05) is 44.2 Å². The van der Waals surface area contributed by atoms with Crippen molar-refractivity contribution >= 4 is 29.2 Å². The lowest BCUT2D eigenvalue weighted by atomic mass is 9.73. The number of amides is 2. The second kappa shape index (κ2) is 10.8. The lowest BCUT2D eigenvalue weighted by Gasteiger charge is -2.38. The van der Waals surface area contributed by atoms with Crippen molar-refractivity contribution < 1.29 is 29.0 Å². The number of fused-ring (bicyclic) bond motifs is 2. The number of likely N-dealkylation sites (tertiary alicyclic amines) is 1. The average Bonchev–Trinajstić information content (AvgIpc) is 3.21. The maximum absolute atomic E-state index is 14.5. The molecule has 0 aliphatic carbocycles. The van der Waals surface area contributed by atoms with Crippen molar-refractivity contribution in [1.82, 2.24) is 4.90 Å². The summed E-state index contributed by atoms with van der Waals surface area (Å²) in [4.78, 5) is 47.4. The molecule has 5 rings (SSSR count). The van der Waals surface area contributed by atoms with Crippen molar-refractivity contribution in [3.05, 3.63) is 48.6 Å². The van der Waals surface area contributed by atoms with Crippen LogP contribution in [0.1, 0.15) is 40.0 Å². The lowest BCUT2D eigenvalue weighted by molar-refractivity contribution is -0.157. The van der Waals surface area contributed by atoms with Crippen LogP contribution < -0.4 is 9.80 Å². The summed E-state index contributed by atoms with van der Waals surface area (Å²) in [6.07, 6.45) is 8.85. The summed E-state index contributed by atoms with van der Waals surface area (Å²) in [5, 5.41) is 9.38. The molecule has 4 aliphatic rings. The standard InChI is InChI=1S/C30H39N3O6/c1-4-29-15-10-20-38-28(37)24(29)23-26(35)33(17-7-8-19-34)25-27(36)32(18-9-16-30(23,25)39-29)22-13-11-21(12-14-22)31(5-2)6-3/h9-16,23-25,34H,4-8,17-20H2,1-3H3/t23-,24+,25?,29-,30-/m0/s1. The SMILES string of the molecule is CCN(CC)c1ccc(N2CC=C[C@]34O[C@@]5(CC)C=CCOC(=O)[C@H]5[C@H]3C(=O)N(CCCCO)C4C2=O)cc1. The fraction of sp³-hybridized carbons (Fsp3) is 0.567. The predicted octanol–water partition coefficient (Wildman–Crippen LogP) is 2.68. The summed E-state index contributed by atoms with van der Waals surface area (Å²) in [7, 11) is 0. The minimum absolute atomic E-state index is 0.00464. The van der Waals surface area contributed by atoms with Gasteiger partial charge in [0.25, 0.3) is 5.91 Å². The fourth-order valence-electron chi connectivity index (χ4n) is 6.89. The first kappa shape index (κ1) is 27.4. The van der Waals surface area contributed by atoms with E-state index in [2.05, 4.69) is 18.7 Å². The molecule has 9 nitrogen and oxygen atoms in total. The third-order valence-electron chi connectivity index (χ3n) is 8.79. The molecule has 1 unspecified atom stereocenters. The summed E-state index contributed by atoms with van der Waals surface area (Å²) in [5.74, 6) is -2.71. The first-order chi connectivity index (χ1) is 18.9. The normalized spacial score (nSPS) is 31.5. The van der Waals surface area contributed by atoms with Crippen molar-refractivity contribution in [1.29, 1.82) is 0 Å². The zero-order chi connectivity index (χ0) is 27.8. The van der Waals surface area contributed by atoms with Gasteiger partial charge >= 0.3 is 5.97 Å². The molecule has 2 saturated heterocycles. The maximum atomic E-state index is 14.5. The number of cyclic esters (lactones) is 1. The van der Waals surface area contributed by atoms with Crippen LogP contribution in [0, 0.1) is 11.8 Å². The van der Waals surface area contributed by atoms with Crippen LogP contribution in [0.2, 0.25) is 0 Å². The molecule has 1 aromatic rings. The number of carbonyl (C=O) groups excluding carboxylic acids is 3. The van der Waals surface area contributed by atoms with Gasteiger partial charge in [0.05, 0.1) is 5.92 Å². The Bertz CT molecular complexity index is 1160. The summed E-state index contributed by atoms with van der Waals surface area (Å²) in [5.41, 5.74) is -0.520. The Morgan fingerprint density at radius 3 is 2.38 bits per heavy atom. The van der Waals surface area contributed by atoms with Crippen LogP contribution in [-0.2, 0) is 23.9 Å². The van der Waals surface area contributed by atoms with E-state index in [1.807, 2.05) is 49.4 Å². The van der Waals surface area contributed by atoms with E-state index in [0.717, 1.165) is 24.5 Å². The topological polar surface area (TPSA) is 99.6 Å². The Morgan fingerprint density at radius 2 is 1.72 bits per heavy atom. The molecule has 4 aliphatic heterocycles. The zero-order valence-corrected chi connectivity index (χ0v) is 23.0. The van der Waals surface area contributed by atoms with Crippen LogP contribution in [0.15, 0.2) is 48.6 Å². The number of aliphatic hydroxyl groups is 1. The molecule has 4 heterocycles. The average molecular weight is 538 g/mol. The van der Waals surface area contributed by atoms with Crippen molar-refractivity contribution in [3.8, 4) is 0 Å². The van der Waals surface area contributed by atoms with E-state index in [0.29, 0.717) is 25.8 Å². The van der Waals surface area contributed by atoms with Crippen LogP contribution >= 0.6 is 0 Å². The number of nitrogens with zero attached hydrogens (tertiary/aromatic N) is 3. The zero-order valence-electron chi connectivity index (χ0n) is 23.0. The van der Waals surface area contributed by atoms with Gasteiger partial charge in [-0.15, -0.1) is 0 Å². The van der Waals surface area contributed by atoms with Crippen LogP contribution in [0.5, 0.6) is 0 Å². The van der Waals surface area contributed by atoms with Crippen molar-refractivity contribution in [2.45, 2.75) is 57.3 Å². The van der Waals surface area contributed by atoms with Crippen molar-refractivity contribution in [2.75, 3.05) is 49.2 Å². The van der Waals surface area contributed by atoms with Crippen molar-refractivity contribution in [3.63, 3.8) is 0 Å². The van der Waals surface area contributed by atoms with Crippen LogP contribution in [-0.4, -0.2) is 84.4 Å². The van der Waals surface area contributed by atoms with E-state index in [-0.39, 0.29) is 31.6 Å². The molecular formula is C30H39N3O6. The van der Waals surface area contributed by atoms with Gasteiger partial charge in [0.2, 0.25) is 5.91 Å². The number of aliphatic hydroxyl groups excluding tert-OH is 1. The Kier molecular flexibility index (Phi) is 7.57. The highest BCUT2D eigenvalue weighted by Crippen LogP contribution is 2.58. The molecule has 210 valence electrons. The Hall–Kier alpha value is -3.17. The molecule has 0 bridgehead atoms. The maximum Gasteiger partial charge on any atom is 0.313 e. The van der Waals surface area contributed by atoms with E-state index >= 15 is 0 Å². The van der Waals surface area contributed by atoms with Gasteiger partial charge in [-0.05, 0) is 63.5 Å². The molecule has 0 radical (unpaired) electrons. The van der Waals surface area contributed by atoms with Gasteiger partial charge in [-0.1, -0.05) is 25.2 Å². The summed E-state index contributed by atoms with van der Waals surface area (Å²) >= 11 is 0. The van der Waals surface area contributed by atoms with Gasteiger partial charge in [-0.3, -0.25) is 14.4 Å². The molecular weight excluding hydrogens is 498 g/mol. The molecule has 1 N–H and O–H groups in total. The second-order valence-electron chi connectivity index (χ2n) is 10.7.